The molecule has 4 rings (SSSR count). The zero-order valence-corrected chi connectivity index (χ0v) is 21.3. The molecule has 0 unspecified atom stereocenters. The smallest absolute Gasteiger partial charge is 0.326 e. The number of hydrogen-bond acceptors (Lipinski definition) is 6. The van der Waals surface area contributed by atoms with E-state index < -0.39 is 23.2 Å². The molecule has 9 heteroatoms. The molecule has 0 spiro atoms. The number of para-hydroxylation sites is 1. The first kappa shape index (κ1) is 26.2. The number of carboxylic acids is 1. The Balaban J connectivity index is 1.50. The van der Waals surface area contributed by atoms with Crippen LogP contribution in [0.15, 0.2) is 91.1 Å². The fourth-order valence-corrected chi connectivity index (χ4v) is 5.67. The first-order valence-corrected chi connectivity index (χ1v) is 13.4. The number of carbonyl (C=O) groups excluding carboxylic acids is 3. The van der Waals surface area contributed by atoms with Gasteiger partial charge in [-0.15, -0.1) is 0 Å². The third-order valence-corrected chi connectivity index (χ3v) is 7.96. The van der Waals surface area contributed by atoms with Gasteiger partial charge in [-0.1, -0.05) is 102 Å². The number of thioether (sulfide) groups is 2. The van der Waals surface area contributed by atoms with Gasteiger partial charge >= 0.3 is 5.97 Å². The predicted octanol–water partition coefficient (Wildman–Crippen LogP) is 4.80. The van der Waals surface area contributed by atoms with E-state index in [0.717, 1.165) is 40.0 Å². The van der Waals surface area contributed by atoms with Crippen molar-refractivity contribution in [3.8, 4) is 0 Å². The molecule has 0 saturated heterocycles. The van der Waals surface area contributed by atoms with Gasteiger partial charge in [0.25, 0.3) is 0 Å². The molecule has 1 heterocycles. The molecule has 37 heavy (non-hydrogen) atoms. The number of aromatic amines is 1. The van der Waals surface area contributed by atoms with Gasteiger partial charge in [0.15, 0.2) is 0 Å². The zero-order chi connectivity index (χ0) is 26.2. The number of H-pyrrole nitrogens is 1. The number of aliphatic carboxylic acids is 1. The summed E-state index contributed by atoms with van der Waals surface area (Å²) < 4.78 is 0. The molecular weight excluding hydrogens is 508 g/mol. The Bertz CT molecular complexity index is 1410. The van der Waals surface area contributed by atoms with E-state index in [1.807, 2.05) is 24.3 Å². The van der Waals surface area contributed by atoms with Crippen LogP contribution >= 0.6 is 23.5 Å². The summed E-state index contributed by atoms with van der Waals surface area (Å²) in [6.07, 6.45) is 1.79. The van der Waals surface area contributed by atoms with Gasteiger partial charge in [-0.2, -0.15) is 0 Å². The molecule has 188 valence electrons. The van der Waals surface area contributed by atoms with Crippen LogP contribution in [0, 0.1) is 0 Å². The summed E-state index contributed by atoms with van der Waals surface area (Å²) in [5.74, 6) is -1.80. The molecule has 3 aromatic carbocycles. The summed E-state index contributed by atoms with van der Waals surface area (Å²) in [5.41, 5.74) is 2.51. The van der Waals surface area contributed by atoms with Crippen LogP contribution in [-0.4, -0.2) is 49.2 Å². The maximum Gasteiger partial charge on any atom is 0.326 e. The minimum Gasteiger partial charge on any atom is -0.480 e. The zero-order valence-electron chi connectivity index (χ0n) is 19.6. The quantitative estimate of drug-likeness (QED) is 0.269. The van der Waals surface area contributed by atoms with Crippen LogP contribution in [0.5, 0.6) is 0 Å². The van der Waals surface area contributed by atoms with E-state index in [-0.39, 0.29) is 22.4 Å². The monoisotopic (exact) mass is 532 g/mol. The minimum absolute atomic E-state index is 0.00221. The molecule has 1 amide bonds. The second-order valence-electron chi connectivity index (χ2n) is 8.19. The Morgan fingerprint density at radius 2 is 1.41 bits per heavy atom. The third kappa shape index (κ3) is 6.90. The molecule has 3 N–H and O–H groups in total. The maximum atomic E-state index is 13.3. The highest BCUT2D eigenvalue weighted by atomic mass is 32.2. The lowest BCUT2D eigenvalue weighted by molar-refractivity contribution is -0.141. The third-order valence-electron chi connectivity index (χ3n) is 5.64. The standard InChI is InChI=1S/C28H24N2O5S2/c31-25(30-23(26(32)33)15-20-16-29-22-14-8-7-13-21(20)22)24(37-28(35)19-11-5-2-6-12-19)17-36-27(34)18-9-3-1-4-10-18/h1-14,16,23-24,29H,15,17H2,(H,30,31)(H,32,33)/t23-,24-/m0/s1. The summed E-state index contributed by atoms with van der Waals surface area (Å²) >= 11 is 1.70. The number of carboxylic acid groups (broad SMARTS) is 1. The molecule has 4 aromatic rings. The van der Waals surface area contributed by atoms with Gasteiger partial charge in [-0.25, -0.2) is 4.79 Å². The second-order valence-corrected chi connectivity index (χ2v) is 10.4. The molecular formula is C28H24N2O5S2. The Morgan fingerprint density at radius 1 is 0.811 bits per heavy atom. The number of carbonyl (C=O) groups is 4. The fraction of sp³-hybridized carbons (Fsp3) is 0.143. The van der Waals surface area contributed by atoms with Crippen LogP contribution in [0.1, 0.15) is 26.3 Å². The van der Waals surface area contributed by atoms with E-state index in [2.05, 4.69) is 10.3 Å². The van der Waals surface area contributed by atoms with E-state index in [4.69, 9.17) is 0 Å². The Kier molecular flexibility index (Phi) is 8.81. The van der Waals surface area contributed by atoms with E-state index >= 15 is 0 Å². The van der Waals surface area contributed by atoms with Crippen LogP contribution in [-0.2, 0) is 16.0 Å². The topological polar surface area (TPSA) is 116 Å². The molecule has 0 aliphatic rings. The molecule has 0 fully saturated rings. The van der Waals surface area contributed by atoms with Crippen LogP contribution in [0.4, 0.5) is 0 Å². The van der Waals surface area contributed by atoms with Gasteiger partial charge in [0.1, 0.15) is 11.3 Å². The lowest BCUT2D eigenvalue weighted by Crippen LogP contribution is -2.46. The highest BCUT2D eigenvalue weighted by molar-refractivity contribution is 8.18. The molecule has 7 nitrogen and oxygen atoms in total. The van der Waals surface area contributed by atoms with Crippen molar-refractivity contribution in [3.63, 3.8) is 0 Å². The minimum atomic E-state index is -1.21. The van der Waals surface area contributed by atoms with Gasteiger partial charge in [-0.3, -0.25) is 14.4 Å². The van der Waals surface area contributed by atoms with Crippen molar-refractivity contribution in [3.05, 3.63) is 108 Å². The SMILES string of the molecule is O=C(SC[C@H](SC(=O)c1ccccc1)C(=O)N[C@@H](Cc1c[nH]c2ccccc12)C(=O)O)c1ccccc1. The van der Waals surface area contributed by atoms with Crippen LogP contribution in [0.2, 0.25) is 0 Å². The van der Waals surface area contributed by atoms with Crippen LogP contribution in [0.3, 0.4) is 0 Å². The van der Waals surface area contributed by atoms with Crippen molar-refractivity contribution >= 4 is 56.5 Å². The number of amides is 1. The maximum absolute atomic E-state index is 13.3. The van der Waals surface area contributed by atoms with Crippen molar-refractivity contribution in [1.82, 2.24) is 10.3 Å². The van der Waals surface area contributed by atoms with Crippen molar-refractivity contribution in [2.24, 2.45) is 0 Å². The summed E-state index contributed by atoms with van der Waals surface area (Å²) in [4.78, 5) is 53.9. The highest BCUT2D eigenvalue weighted by Gasteiger charge is 2.29. The van der Waals surface area contributed by atoms with Gasteiger partial charge < -0.3 is 15.4 Å². The number of benzene rings is 3. The number of fused-ring (bicyclic) bond motifs is 1. The number of aromatic nitrogens is 1. The second kappa shape index (κ2) is 12.4. The lowest BCUT2D eigenvalue weighted by atomic mass is 10.0. The molecule has 2 atom stereocenters. The van der Waals surface area contributed by atoms with E-state index in [1.165, 1.54) is 0 Å². The molecule has 0 aliphatic heterocycles. The number of rotatable bonds is 10. The van der Waals surface area contributed by atoms with Crippen LogP contribution < -0.4 is 5.32 Å². The van der Waals surface area contributed by atoms with E-state index in [1.54, 1.807) is 66.9 Å². The molecule has 1 aromatic heterocycles. The van der Waals surface area contributed by atoms with Crippen LogP contribution in [0.25, 0.3) is 10.9 Å². The fourth-order valence-electron chi connectivity index (χ4n) is 3.73. The Hall–Kier alpha value is -3.82. The molecule has 0 bridgehead atoms. The molecule has 0 saturated carbocycles. The number of hydrogen-bond donors (Lipinski definition) is 3. The summed E-state index contributed by atoms with van der Waals surface area (Å²) in [6.45, 7) is 0. The average molecular weight is 533 g/mol. The van der Waals surface area contributed by atoms with Gasteiger partial charge in [-0.05, 0) is 11.6 Å². The summed E-state index contributed by atoms with van der Waals surface area (Å²) in [7, 11) is 0. The lowest BCUT2D eigenvalue weighted by Gasteiger charge is -2.19. The molecule has 0 aliphatic carbocycles. The molecule has 0 radical (unpaired) electrons. The largest absolute Gasteiger partial charge is 0.480 e. The summed E-state index contributed by atoms with van der Waals surface area (Å²) in [5, 5.41) is 11.8. The summed E-state index contributed by atoms with van der Waals surface area (Å²) in [6, 6.07) is 23.4. The van der Waals surface area contributed by atoms with Crippen molar-refractivity contribution in [2.45, 2.75) is 17.7 Å². The highest BCUT2D eigenvalue weighted by Crippen LogP contribution is 2.25. The van der Waals surface area contributed by atoms with E-state index in [0.29, 0.717) is 11.1 Å². The predicted molar refractivity (Wildman–Crippen MR) is 147 cm³/mol. The number of nitrogens with one attached hydrogen (secondary N) is 2. The Labute approximate surface area is 222 Å². The first-order chi connectivity index (χ1) is 17.9. The average Bonchev–Trinajstić information content (AvgIpc) is 3.34. The van der Waals surface area contributed by atoms with Gasteiger partial charge in [0.2, 0.25) is 16.1 Å². The first-order valence-electron chi connectivity index (χ1n) is 11.5. The normalized spacial score (nSPS) is 12.5. The van der Waals surface area contributed by atoms with Gasteiger partial charge in [0, 0.05) is 40.4 Å². The van der Waals surface area contributed by atoms with E-state index in [9.17, 15) is 24.3 Å². The van der Waals surface area contributed by atoms with Crippen molar-refractivity contribution < 1.29 is 24.3 Å². The van der Waals surface area contributed by atoms with Crippen molar-refractivity contribution in [2.75, 3.05) is 5.75 Å². The van der Waals surface area contributed by atoms with Crippen molar-refractivity contribution in [1.29, 1.82) is 0 Å². The van der Waals surface area contributed by atoms with Gasteiger partial charge in [0.05, 0.1) is 0 Å². The Morgan fingerprint density at radius 3 is 2.05 bits per heavy atom.